The monoisotopic (exact) mass is 470 g/mol. The molecule has 4 aromatic rings. The van der Waals surface area contributed by atoms with Crippen molar-refractivity contribution in [3.05, 3.63) is 54.2 Å². The molecule has 0 unspecified atom stereocenters. The lowest BCUT2D eigenvalue weighted by Gasteiger charge is -2.42. The minimum absolute atomic E-state index is 0.560. The minimum Gasteiger partial charge on any atom is -0.378 e. The van der Waals surface area contributed by atoms with Gasteiger partial charge in [-0.1, -0.05) is 18.2 Å². The zero-order chi connectivity index (χ0) is 23.9. The summed E-state index contributed by atoms with van der Waals surface area (Å²) in [7, 11) is 2.24. The van der Waals surface area contributed by atoms with Crippen LogP contribution in [0.5, 0.6) is 0 Å². The van der Waals surface area contributed by atoms with Gasteiger partial charge in [-0.3, -0.25) is 9.80 Å². The van der Waals surface area contributed by atoms with Gasteiger partial charge in [-0.15, -0.1) is 0 Å². The Kier molecular flexibility index (Phi) is 5.92. The Labute approximate surface area is 206 Å². The lowest BCUT2D eigenvalue weighted by atomic mass is 10.1. The highest BCUT2D eigenvalue weighted by molar-refractivity contribution is 5.97. The second-order valence-corrected chi connectivity index (χ2v) is 10.1. The van der Waals surface area contributed by atoms with Gasteiger partial charge in [0.25, 0.3) is 0 Å². The Bertz CT molecular complexity index is 1330. The summed E-state index contributed by atoms with van der Waals surface area (Å²) >= 11 is 0. The molecule has 6 rings (SSSR count). The molecule has 0 amide bonds. The third-order valence-electron chi connectivity index (χ3n) is 7.73. The van der Waals surface area contributed by atoms with Crippen LogP contribution in [0, 0.1) is 0 Å². The zero-order valence-corrected chi connectivity index (χ0v) is 20.9. The summed E-state index contributed by atoms with van der Waals surface area (Å²) in [5, 5.41) is 2.28. The molecule has 2 aromatic heterocycles. The third-order valence-corrected chi connectivity index (χ3v) is 7.73. The lowest BCUT2D eigenvalue weighted by Crippen LogP contribution is -2.54. The van der Waals surface area contributed by atoms with Crippen LogP contribution in [0.3, 0.4) is 0 Å². The summed E-state index contributed by atoms with van der Waals surface area (Å²) < 4.78 is 5.65. The van der Waals surface area contributed by atoms with Crippen molar-refractivity contribution in [1.82, 2.24) is 24.8 Å². The van der Waals surface area contributed by atoms with Crippen LogP contribution < -0.4 is 4.90 Å². The van der Waals surface area contributed by atoms with E-state index >= 15 is 0 Å². The van der Waals surface area contributed by atoms with E-state index in [4.69, 9.17) is 14.7 Å². The van der Waals surface area contributed by atoms with Gasteiger partial charge in [-0.05, 0) is 50.7 Å². The van der Waals surface area contributed by atoms with E-state index in [2.05, 4.69) is 83.0 Å². The van der Waals surface area contributed by atoms with Crippen molar-refractivity contribution >= 4 is 27.6 Å². The second kappa shape index (κ2) is 9.22. The molecule has 0 aliphatic carbocycles. The number of likely N-dealkylation sites (N-methyl/N-ethyl adjacent to an activating group) is 1. The van der Waals surface area contributed by atoms with Crippen molar-refractivity contribution in [3.63, 3.8) is 0 Å². The van der Waals surface area contributed by atoms with E-state index in [-0.39, 0.29) is 0 Å². The number of hydrogen-bond acceptors (Lipinski definition) is 6. The Hall–Kier alpha value is -3.00. The molecule has 4 heterocycles. The number of anilines is 1. The highest BCUT2D eigenvalue weighted by Crippen LogP contribution is 2.32. The average Bonchev–Trinajstić information content (AvgIpc) is 3.36. The number of morpholine rings is 1. The standard InChI is InChI=1S/C28H34N6O/c1-19-16-33(17-20(2)32(19)3)18-21-7-8-26-24(15-21)28(34-11-13-35-14-12-34)31-27(30-26)23-5-4-6-25-22(23)9-10-29-25/h4-10,15,19-20,29H,11-14,16-18H2,1-3H3/t19-,20+. The Morgan fingerprint density at radius 3 is 2.57 bits per heavy atom. The number of ether oxygens (including phenoxy) is 1. The largest absolute Gasteiger partial charge is 0.378 e. The average molecular weight is 471 g/mol. The maximum Gasteiger partial charge on any atom is 0.162 e. The lowest BCUT2D eigenvalue weighted by molar-refractivity contribution is 0.0556. The maximum atomic E-state index is 5.65. The molecular formula is C28H34N6O. The molecule has 2 fully saturated rings. The van der Waals surface area contributed by atoms with Crippen LogP contribution in [-0.4, -0.2) is 83.3 Å². The van der Waals surface area contributed by atoms with E-state index < -0.39 is 0 Å². The van der Waals surface area contributed by atoms with Gasteiger partial charge in [-0.25, -0.2) is 9.97 Å². The van der Waals surface area contributed by atoms with Crippen molar-refractivity contribution < 1.29 is 4.74 Å². The number of aromatic amines is 1. The van der Waals surface area contributed by atoms with Gasteiger partial charge in [0.15, 0.2) is 5.82 Å². The van der Waals surface area contributed by atoms with Gasteiger partial charge in [0.05, 0.1) is 18.7 Å². The number of fused-ring (bicyclic) bond motifs is 2. The van der Waals surface area contributed by atoms with Gasteiger partial charge in [0.1, 0.15) is 5.82 Å². The number of nitrogens with zero attached hydrogens (tertiary/aromatic N) is 5. The van der Waals surface area contributed by atoms with Crippen molar-refractivity contribution in [1.29, 1.82) is 0 Å². The van der Waals surface area contributed by atoms with E-state index in [0.717, 1.165) is 84.9 Å². The fourth-order valence-corrected chi connectivity index (χ4v) is 5.58. The van der Waals surface area contributed by atoms with Gasteiger partial charge in [-0.2, -0.15) is 0 Å². The SMILES string of the molecule is C[C@@H]1CN(Cc2ccc3nc(-c4cccc5[nH]ccc45)nc(N4CCOCC4)c3c2)C[C@H](C)N1C. The molecule has 7 nitrogen and oxygen atoms in total. The first kappa shape index (κ1) is 22.5. The van der Waals surface area contributed by atoms with Crippen LogP contribution in [0.2, 0.25) is 0 Å². The summed E-state index contributed by atoms with van der Waals surface area (Å²) in [4.78, 5) is 20.9. The zero-order valence-electron chi connectivity index (χ0n) is 20.9. The highest BCUT2D eigenvalue weighted by Gasteiger charge is 2.26. The number of nitrogens with one attached hydrogen (secondary N) is 1. The minimum atomic E-state index is 0.560. The predicted molar refractivity (Wildman–Crippen MR) is 142 cm³/mol. The summed E-state index contributed by atoms with van der Waals surface area (Å²) in [6.07, 6.45) is 1.98. The Morgan fingerprint density at radius 2 is 1.77 bits per heavy atom. The first-order chi connectivity index (χ1) is 17.1. The molecule has 7 heteroatoms. The summed E-state index contributed by atoms with van der Waals surface area (Å²) in [6.45, 7) is 10.9. The van der Waals surface area contributed by atoms with E-state index in [1.807, 2.05) is 6.20 Å². The predicted octanol–water partition coefficient (Wildman–Crippen LogP) is 4.14. The number of benzene rings is 2. The van der Waals surface area contributed by atoms with Crippen molar-refractivity contribution in [2.75, 3.05) is 51.3 Å². The molecular weight excluding hydrogens is 436 g/mol. The van der Waals surface area contributed by atoms with Gasteiger partial charge in [0.2, 0.25) is 0 Å². The third kappa shape index (κ3) is 4.29. The Balaban J connectivity index is 1.41. The molecule has 2 saturated heterocycles. The van der Waals surface area contributed by atoms with Crippen LogP contribution in [0.15, 0.2) is 48.7 Å². The maximum absolute atomic E-state index is 5.65. The number of aromatic nitrogens is 3. The molecule has 0 bridgehead atoms. The topological polar surface area (TPSA) is 60.5 Å². The molecule has 0 saturated carbocycles. The van der Waals surface area contributed by atoms with E-state index in [1.54, 1.807) is 0 Å². The number of piperazine rings is 1. The van der Waals surface area contributed by atoms with Crippen molar-refractivity contribution in [2.45, 2.75) is 32.5 Å². The summed E-state index contributed by atoms with van der Waals surface area (Å²) in [5.41, 5.74) is 4.47. The highest BCUT2D eigenvalue weighted by atomic mass is 16.5. The molecule has 0 radical (unpaired) electrons. The number of rotatable bonds is 4. The molecule has 2 atom stereocenters. The van der Waals surface area contributed by atoms with E-state index in [0.29, 0.717) is 12.1 Å². The van der Waals surface area contributed by atoms with E-state index in [9.17, 15) is 0 Å². The number of hydrogen-bond donors (Lipinski definition) is 1. The molecule has 182 valence electrons. The van der Waals surface area contributed by atoms with Gasteiger partial charge < -0.3 is 14.6 Å². The molecule has 2 aliphatic rings. The molecule has 0 spiro atoms. The van der Waals surface area contributed by atoms with Crippen LogP contribution in [0.25, 0.3) is 33.2 Å². The van der Waals surface area contributed by atoms with Crippen LogP contribution in [-0.2, 0) is 11.3 Å². The fourth-order valence-electron chi connectivity index (χ4n) is 5.58. The molecule has 2 aromatic carbocycles. The Morgan fingerprint density at radius 1 is 0.971 bits per heavy atom. The van der Waals surface area contributed by atoms with Crippen molar-refractivity contribution in [3.8, 4) is 11.4 Å². The van der Waals surface area contributed by atoms with Crippen LogP contribution in [0.1, 0.15) is 19.4 Å². The molecule has 1 N–H and O–H groups in total. The molecule has 2 aliphatic heterocycles. The smallest absolute Gasteiger partial charge is 0.162 e. The summed E-state index contributed by atoms with van der Waals surface area (Å²) in [6, 6.07) is 16.2. The fraction of sp³-hybridized carbons (Fsp3) is 0.429. The molecule has 35 heavy (non-hydrogen) atoms. The van der Waals surface area contributed by atoms with Crippen LogP contribution >= 0.6 is 0 Å². The first-order valence-electron chi connectivity index (χ1n) is 12.7. The second-order valence-electron chi connectivity index (χ2n) is 10.1. The summed E-state index contributed by atoms with van der Waals surface area (Å²) in [5.74, 6) is 1.79. The quantitative estimate of drug-likeness (QED) is 0.484. The van der Waals surface area contributed by atoms with Gasteiger partial charge in [0, 0.05) is 72.9 Å². The van der Waals surface area contributed by atoms with E-state index in [1.165, 1.54) is 5.56 Å². The first-order valence-corrected chi connectivity index (χ1v) is 12.7. The van der Waals surface area contributed by atoms with Crippen LogP contribution in [0.4, 0.5) is 5.82 Å². The van der Waals surface area contributed by atoms with Crippen molar-refractivity contribution in [2.24, 2.45) is 0 Å². The van der Waals surface area contributed by atoms with Gasteiger partial charge >= 0.3 is 0 Å². The normalized spacial score (nSPS) is 22.3. The number of H-pyrrole nitrogens is 1.